The molecule has 0 amide bonds. The van der Waals surface area contributed by atoms with Crippen molar-refractivity contribution in [2.24, 2.45) is 5.41 Å². The number of halogens is 4. The lowest BCUT2D eigenvalue weighted by Crippen LogP contribution is -2.34. The van der Waals surface area contributed by atoms with Crippen LogP contribution in [0.25, 0.3) is 0 Å². The molecule has 0 aromatic heterocycles. The van der Waals surface area contributed by atoms with Crippen LogP contribution < -0.4 is 0 Å². The van der Waals surface area contributed by atoms with E-state index in [1.165, 1.54) is 12.1 Å². The van der Waals surface area contributed by atoms with E-state index in [9.17, 15) is 22.7 Å². The topological polar surface area (TPSA) is 23.5 Å². The largest absolute Gasteiger partial charge is 0.419 e. The molecule has 1 rings (SSSR count). The highest BCUT2D eigenvalue weighted by atomic mass is 19.4. The van der Waals surface area contributed by atoms with Gasteiger partial charge in [-0.25, -0.2) is 4.39 Å². The molecule has 0 saturated carbocycles. The summed E-state index contributed by atoms with van der Waals surface area (Å²) in [5, 5.41) is 9.17. The Morgan fingerprint density at radius 2 is 1.80 bits per heavy atom. The van der Waals surface area contributed by atoms with E-state index < -0.39 is 23.0 Å². The molecule has 0 aliphatic heterocycles. The van der Waals surface area contributed by atoms with Crippen LogP contribution in [0.2, 0.25) is 0 Å². The lowest BCUT2D eigenvalue weighted by atomic mass is 9.94. The number of hydrogen-bond donors (Lipinski definition) is 1. The molecule has 0 aliphatic carbocycles. The van der Waals surface area contributed by atoms with E-state index in [1.807, 2.05) is 0 Å². The Morgan fingerprint density at radius 1 is 1.20 bits per heavy atom. The number of aliphatic hydroxyl groups is 1. The van der Waals surface area contributed by atoms with E-state index >= 15 is 0 Å². The summed E-state index contributed by atoms with van der Waals surface area (Å²) >= 11 is 0. The van der Waals surface area contributed by atoms with E-state index in [2.05, 4.69) is 0 Å². The van der Waals surface area contributed by atoms with Gasteiger partial charge in [0.1, 0.15) is 5.82 Å². The highest BCUT2D eigenvalue weighted by Crippen LogP contribution is 2.34. The van der Waals surface area contributed by atoms with Crippen LogP contribution in [0.4, 0.5) is 17.6 Å². The van der Waals surface area contributed by atoms with Crippen LogP contribution in [0.15, 0.2) is 18.2 Å². The van der Waals surface area contributed by atoms with E-state index in [0.717, 1.165) is 6.07 Å². The molecule has 0 bridgehead atoms. The Bertz CT molecular complexity index is 457. The summed E-state index contributed by atoms with van der Waals surface area (Å²) in [6.07, 6.45) is -4.71. The monoisotopic (exact) mass is 293 g/mol. The van der Waals surface area contributed by atoms with Gasteiger partial charge >= 0.3 is 6.18 Å². The molecule has 0 spiro atoms. The number of aliphatic hydroxyl groups excluding tert-OH is 1. The van der Waals surface area contributed by atoms with Crippen LogP contribution >= 0.6 is 0 Å². The molecule has 1 aromatic carbocycles. The van der Waals surface area contributed by atoms with E-state index in [0.29, 0.717) is 6.54 Å². The molecule has 1 aromatic rings. The number of alkyl halides is 3. The maximum atomic E-state index is 13.4. The molecule has 20 heavy (non-hydrogen) atoms. The Morgan fingerprint density at radius 3 is 2.30 bits per heavy atom. The predicted molar refractivity (Wildman–Crippen MR) is 68.6 cm³/mol. The van der Waals surface area contributed by atoms with Crippen LogP contribution in [-0.2, 0) is 12.7 Å². The van der Waals surface area contributed by atoms with Crippen LogP contribution in [0.3, 0.4) is 0 Å². The van der Waals surface area contributed by atoms with Crippen LogP contribution in [-0.4, -0.2) is 30.2 Å². The molecule has 0 unspecified atom stereocenters. The van der Waals surface area contributed by atoms with Crippen LogP contribution in [0, 0.1) is 11.2 Å². The van der Waals surface area contributed by atoms with E-state index in [1.54, 1.807) is 25.8 Å². The highest BCUT2D eigenvalue weighted by Gasteiger charge is 2.36. The minimum absolute atomic E-state index is 0.0317. The van der Waals surface area contributed by atoms with Gasteiger partial charge in [-0.3, -0.25) is 0 Å². The second-order valence-corrected chi connectivity index (χ2v) is 5.77. The van der Waals surface area contributed by atoms with E-state index in [4.69, 9.17) is 0 Å². The first-order valence-electron chi connectivity index (χ1n) is 6.21. The van der Waals surface area contributed by atoms with Crippen LogP contribution in [0.5, 0.6) is 0 Å². The number of benzene rings is 1. The molecule has 0 heterocycles. The zero-order valence-corrected chi connectivity index (χ0v) is 11.8. The number of hydrogen-bond acceptors (Lipinski definition) is 2. The number of nitrogens with zero attached hydrogens (tertiary/aromatic N) is 1. The van der Waals surface area contributed by atoms with Gasteiger partial charge in [-0.1, -0.05) is 26.0 Å². The van der Waals surface area contributed by atoms with Crippen molar-refractivity contribution >= 4 is 0 Å². The standard InChI is InChI=1S/C14H19F4NO/c1-13(2,9-20)8-19(3)7-10-5-4-6-11(15)12(10)14(16,17)18/h4-6,20H,7-9H2,1-3H3. The van der Waals surface area contributed by atoms with Gasteiger partial charge in [0.2, 0.25) is 0 Å². The molecule has 2 nitrogen and oxygen atoms in total. The third-order valence-electron chi connectivity index (χ3n) is 2.95. The maximum Gasteiger partial charge on any atom is 0.419 e. The van der Waals surface area contributed by atoms with Gasteiger partial charge in [0, 0.05) is 25.1 Å². The summed E-state index contributed by atoms with van der Waals surface area (Å²) < 4.78 is 52.0. The van der Waals surface area contributed by atoms with Crippen molar-refractivity contribution in [2.75, 3.05) is 20.2 Å². The fraction of sp³-hybridized carbons (Fsp3) is 0.571. The molecule has 1 N–H and O–H groups in total. The second kappa shape index (κ2) is 6.10. The highest BCUT2D eigenvalue weighted by molar-refractivity contribution is 5.31. The van der Waals surface area contributed by atoms with Crippen molar-refractivity contribution in [3.63, 3.8) is 0 Å². The van der Waals surface area contributed by atoms with Crippen LogP contribution in [0.1, 0.15) is 25.0 Å². The molecule has 0 atom stereocenters. The molecular formula is C14H19F4NO. The average molecular weight is 293 g/mol. The SMILES string of the molecule is CN(Cc1cccc(F)c1C(F)(F)F)CC(C)(C)CO. The van der Waals surface area contributed by atoms with Crippen molar-refractivity contribution in [3.05, 3.63) is 35.1 Å². The predicted octanol–water partition coefficient (Wildman–Crippen LogP) is 3.29. The zero-order valence-electron chi connectivity index (χ0n) is 11.8. The zero-order chi connectivity index (χ0) is 15.6. The molecule has 114 valence electrons. The lowest BCUT2D eigenvalue weighted by molar-refractivity contribution is -0.140. The van der Waals surface area contributed by atoms with Gasteiger partial charge in [0.15, 0.2) is 0 Å². The first-order valence-corrected chi connectivity index (χ1v) is 6.21. The Kier molecular flexibility index (Phi) is 5.15. The third kappa shape index (κ3) is 4.45. The van der Waals surface area contributed by atoms with Crippen molar-refractivity contribution in [1.82, 2.24) is 4.90 Å². The van der Waals surface area contributed by atoms with Gasteiger partial charge in [-0.05, 0) is 18.7 Å². The maximum absolute atomic E-state index is 13.4. The fourth-order valence-electron chi connectivity index (χ4n) is 2.15. The van der Waals surface area contributed by atoms with E-state index in [-0.39, 0.29) is 18.7 Å². The normalized spacial score (nSPS) is 13.1. The van der Waals surface area contributed by atoms with Gasteiger partial charge in [0.05, 0.1) is 5.56 Å². The Balaban J connectivity index is 2.96. The first kappa shape index (κ1) is 16.9. The first-order chi connectivity index (χ1) is 9.07. The Hall–Kier alpha value is -1.14. The second-order valence-electron chi connectivity index (χ2n) is 5.77. The minimum atomic E-state index is -4.71. The molecule has 0 fully saturated rings. The van der Waals surface area contributed by atoms with Crippen molar-refractivity contribution < 1.29 is 22.7 Å². The lowest BCUT2D eigenvalue weighted by Gasteiger charge is -2.29. The Labute approximate surface area is 116 Å². The third-order valence-corrected chi connectivity index (χ3v) is 2.95. The summed E-state index contributed by atoms with van der Waals surface area (Å²) in [6, 6.07) is 3.35. The summed E-state index contributed by atoms with van der Waals surface area (Å²) in [4.78, 5) is 1.64. The van der Waals surface area contributed by atoms with Crippen molar-refractivity contribution in [2.45, 2.75) is 26.6 Å². The van der Waals surface area contributed by atoms with Crippen molar-refractivity contribution in [1.29, 1.82) is 0 Å². The molecule has 6 heteroatoms. The smallest absolute Gasteiger partial charge is 0.396 e. The quantitative estimate of drug-likeness (QED) is 0.842. The summed E-state index contributed by atoms with van der Waals surface area (Å²) in [5.74, 6) is -1.26. The molecule has 0 aliphatic rings. The molecule has 0 saturated heterocycles. The summed E-state index contributed by atoms with van der Waals surface area (Å²) in [6.45, 7) is 3.90. The minimum Gasteiger partial charge on any atom is -0.396 e. The van der Waals surface area contributed by atoms with Gasteiger partial charge in [0.25, 0.3) is 0 Å². The average Bonchev–Trinajstić information content (AvgIpc) is 2.26. The summed E-state index contributed by atoms with van der Waals surface area (Å²) in [5.41, 5.74) is -1.75. The van der Waals surface area contributed by atoms with Gasteiger partial charge < -0.3 is 10.0 Å². The fourth-order valence-corrected chi connectivity index (χ4v) is 2.15. The van der Waals surface area contributed by atoms with Gasteiger partial charge in [-0.15, -0.1) is 0 Å². The molecular weight excluding hydrogens is 274 g/mol. The summed E-state index contributed by atoms with van der Waals surface area (Å²) in [7, 11) is 1.64. The molecule has 0 radical (unpaired) electrons. The van der Waals surface area contributed by atoms with Gasteiger partial charge in [-0.2, -0.15) is 13.2 Å². The number of rotatable bonds is 5. The van der Waals surface area contributed by atoms with Crippen molar-refractivity contribution in [3.8, 4) is 0 Å².